The van der Waals surface area contributed by atoms with Gasteiger partial charge in [-0.1, -0.05) is 17.7 Å². The molecule has 2 fully saturated rings. The minimum absolute atomic E-state index is 0.313. The van der Waals surface area contributed by atoms with E-state index in [0.717, 1.165) is 50.1 Å². The van der Waals surface area contributed by atoms with Gasteiger partial charge in [-0.2, -0.15) is 0 Å². The van der Waals surface area contributed by atoms with Crippen molar-refractivity contribution >= 4 is 11.6 Å². The van der Waals surface area contributed by atoms with E-state index in [1.165, 1.54) is 0 Å². The second-order valence-corrected chi connectivity index (χ2v) is 5.52. The first-order valence-electron chi connectivity index (χ1n) is 6.13. The topological polar surface area (TPSA) is 35.5 Å². The SMILES string of the molecule is Oc1cccc(Cl)c1CN1CC2CNCC2C1. The zero-order chi connectivity index (χ0) is 11.8. The summed E-state index contributed by atoms with van der Waals surface area (Å²) in [5, 5.41) is 13.9. The number of hydrogen-bond acceptors (Lipinski definition) is 3. The maximum absolute atomic E-state index is 9.83. The Morgan fingerprint density at radius 3 is 2.65 bits per heavy atom. The number of hydrogen-bond donors (Lipinski definition) is 2. The maximum atomic E-state index is 9.83. The van der Waals surface area contributed by atoms with Crippen LogP contribution in [0.5, 0.6) is 5.75 Å². The van der Waals surface area contributed by atoms with Crippen LogP contribution in [-0.4, -0.2) is 36.2 Å². The number of phenols is 1. The number of likely N-dealkylation sites (tertiary alicyclic amines) is 1. The molecule has 3 nitrogen and oxygen atoms in total. The van der Waals surface area contributed by atoms with Gasteiger partial charge in [-0.3, -0.25) is 4.90 Å². The average Bonchev–Trinajstić information content (AvgIpc) is 2.83. The van der Waals surface area contributed by atoms with Crippen molar-refractivity contribution in [2.45, 2.75) is 6.54 Å². The largest absolute Gasteiger partial charge is 0.508 e. The van der Waals surface area contributed by atoms with Gasteiger partial charge >= 0.3 is 0 Å². The molecule has 2 aliphatic rings. The second kappa shape index (κ2) is 4.48. The van der Waals surface area contributed by atoms with Crippen molar-refractivity contribution in [3.05, 3.63) is 28.8 Å². The number of phenolic OH excluding ortho intramolecular Hbond substituents is 1. The number of aromatic hydroxyl groups is 1. The fraction of sp³-hybridized carbons (Fsp3) is 0.538. The highest BCUT2D eigenvalue weighted by Crippen LogP contribution is 2.31. The molecule has 0 saturated carbocycles. The molecule has 2 aliphatic heterocycles. The Morgan fingerprint density at radius 1 is 1.29 bits per heavy atom. The Balaban J connectivity index is 1.72. The molecule has 0 aromatic heterocycles. The summed E-state index contributed by atoms with van der Waals surface area (Å²) in [5.74, 6) is 1.87. The van der Waals surface area contributed by atoms with Gasteiger partial charge in [-0.25, -0.2) is 0 Å². The van der Waals surface area contributed by atoms with Gasteiger partial charge in [0.2, 0.25) is 0 Å². The molecule has 0 aliphatic carbocycles. The van der Waals surface area contributed by atoms with Crippen LogP contribution in [0.25, 0.3) is 0 Å². The predicted octanol–water partition coefficient (Wildman–Crippen LogP) is 1.70. The number of nitrogens with zero attached hydrogens (tertiary/aromatic N) is 1. The summed E-state index contributed by atoms with van der Waals surface area (Å²) in [6, 6.07) is 5.33. The standard InChI is InChI=1S/C13H17ClN2O/c14-12-2-1-3-13(17)11(12)8-16-6-9-4-15-5-10(9)7-16/h1-3,9-10,15,17H,4-8H2. The Labute approximate surface area is 106 Å². The Morgan fingerprint density at radius 2 is 2.00 bits per heavy atom. The molecule has 2 N–H and O–H groups in total. The van der Waals surface area contributed by atoms with Gasteiger partial charge in [-0.15, -0.1) is 0 Å². The molecule has 1 aromatic carbocycles. The number of benzene rings is 1. The van der Waals surface area contributed by atoms with Gasteiger partial charge in [-0.05, 0) is 37.1 Å². The van der Waals surface area contributed by atoms with Crippen LogP contribution in [0.3, 0.4) is 0 Å². The fourth-order valence-corrected chi connectivity index (χ4v) is 3.24. The quantitative estimate of drug-likeness (QED) is 0.841. The van der Waals surface area contributed by atoms with Gasteiger partial charge in [0, 0.05) is 30.2 Å². The minimum Gasteiger partial charge on any atom is -0.508 e. The van der Waals surface area contributed by atoms with E-state index >= 15 is 0 Å². The fourth-order valence-electron chi connectivity index (χ4n) is 3.01. The molecular weight excluding hydrogens is 236 g/mol. The lowest BCUT2D eigenvalue weighted by Crippen LogP contribution is -2.25. The summed E-state index contributed by atoms with van der Waals surface area (Å²) in [5.41, 5.74) is 0.863. The monoisotopic (exact) mass is 252 g/mol. The van der Waals surface area contributed by atoms with E-state index in [4.69, 9.17) is 11.6 Å². The number of fused-ring (bicyclic) bond motifs is 1. The molecular formula is C13H17ClN2O. The third-order valence-corrected chi connectivity index (χ3v) is 4.30. The highest BCUT2D eigenvalue weighted by Gasteiger charge is 2.36. The van der Waals surface area contributed by atoms with E-state index in [0.29, 0.717) is 10.8 Å². The average molecular weight is 253 g/mol. The molecule has 2 unspecified atom stereocenters. The summed E-state index contributed by atoms with van der Waals surface area (Å²) in [7, 11) is 0. The van der Waals surface area contributed by atoms with E-state index in [-0.39, 0.29) is 0 Å². The van der Waals surface area contributed by atoms with Crippen molar-refractivity contribution in [2.24, 2.45) is 11.8 Å². The molecule has 92 valence electrons. The first-order chi connectivity index (χ1) is 8.24. The summed E-state index contributed by atoms with van der Waals surface area (Å²) in [6.45, 7) is 5.26. The lowest BCUT2D eigenvalue weighted by molar-refractivity contribution is 0.300. The summed E-state index contributed by atoms with van der Waals surface area (Å²) >= 11 is 6.13. The molecule has 0 radical (unpaired) electrons. The predicted molar refractivity (Wildman–Crippen MR) is 68.2 cm³/mol. The van der Waals surface area contributed by atoms with E-state index in [9.17, 15) is 5.11 Å². The summed E-state index contributed by atoms with van der Waals surface area (Å²) in [6.07, 6.45) is 0. The van der Waals surface area contributed by atoms with Gasteiger partial charge in [0.1, 0.15) is 5.75 Å². The third-order valence-electron chi connectivity index (χ3n) is 3.94. The molecule has 3 rings (SSSR count). The molecule has 1 aromatic rings. The second-order valence-electron chi connectivity index (χ2n) is 5.11. The Kier molecular flexibility index (Phi) is 2.99. The molecule has 0 bridgehead atoms. The zero-order valence-corrected chi connectivity index (χ0v) is 10.5. The van der Waals surface area contributed by atoms with E-state index in [2.05, 4.69) is 10.2 Å². The van der Waals surface area contributed by atoms with Crippen molar-refractivity contribution in [3.63, 3.8) is 0 Å². The van der Waals surface area contributed by atoms with Crippen molar-refractivity contribution in [1.29, 1.82) is 0 Å². The number of rotatable bonds is 2. The van der Waals surface area contributed by atoms with Crippen molar-refractivity contribution < 1.29 is 5.11 Å². The lowest BCUT2D eigenvalue weighted by atomic mass is 10.0. The van der Waals surface area contributed by atoms with Crippen molar-refractivity contribution in [1.82, 2.24) is 10.2 Å². The molecule has 17 heavy (non-hydrogen) atoms. The Hall–Kier alpha value is -0.770. The van der Waals surface area contributed by atoms with Crippen LogP contribution in [0.1, 0.15) is 5.56 Å². The molecule has 0 spiro atoms. The van der Waals surface area contributed by atoms with Crippen LogP contribution in [0.4, 0.5) is 0 Å². The van der Waals surface area contributed by atoms with Gasteiger partial charge in [0.25, 0.3) is 0 Å². The van der Waals surface area contributed by atoms with Crippen molar-refractivity contribution in [3.8, 4) is 5.75 Å². The molecule has 4 heteroatoms. The van der Waals surface area contributed by atoms with E-state index in [1.54, 1.807) is 12.1 Å². The molecule has 2 saturated heterocycles. The van der Waals surface area contributed by atoms with Crippen LogP contribution >= 0.6 is 11.6 Å². The maximum Gasteiger partial charge on any atom is 0.121 e. The van der Waals surface area contributed by atoms with E-state index < -0.39 is 0 Å². The molecule has 2 atom stereocenters. The number of halogens is 1. The first kappa shape index (κ1) is 11.3. The highest BCUT2D eigenvalue weighted by molar-refractivity contribution is 6.31. The summed E-state index contributed by atoms with van der Waals surface area (Å²) in [4.78, 5) is 2.40. The minimum atomic E-state index is 0.313. The molecule has 0 amide bonds. The third kappa shape index (κ3) is 2.15. The van der Waals surface area contributed by atoms with Crippen LogP contribution < -0.4 is 5.32 Å². The first-order valence-corrected chi connectivity index (χ1v) is 6.51. The van der Waals surface area contributed by atoms with Gasteiger partial charge in [0.15, 0.2) is 0 Å². The van der Waals surface area contributed by atoms with E-state index in [1.807, 2.05) is 6.07 Å². The van der Waals surface area contributed by atoms with Crippen LogP contribution in [0, 0.1) is 11.8 Å². The normalized spacial score (nSPS) is 28.5. The van der Waals surface area contributed by atoms with Crippen LogP contribution in [-0.2, 0) is 6.54 Å². The Bertz CT molecular complexity index is 392. The summed E-state index contributed by atoms with van der Waals surface area (Å²) < 4.78 is 0. The lowest BCUT2D eigenvalue weighted by Gasteiger charge is -2.18. The zero-order valence-electron chi connectivity index (χ0n) is 9.69. The van der Waals surface area contributed by atoms with Crippen molar-refractivity contribution in [2.75, 3.05) is 26.2 Å². The highest BCUT2D eigenvalue weighted by atomic mass is 35.5. The number of nitrogens with one attached hydrogen (secondary N) is 1. The van der Waals surface area contributed by atoms with Gasteiger partial charge < -0.3 is 10.4 Å². The van der Waals surface area contributed by atoms with Crippen LogP contribution in [0.15, 0.2) is 18.2 Å². The molecule has 2 heterocycles. The smallest absolute Gasteiger partial charge is 0.121 e. The van der Waals surface area contributed by atoms with Crippen LogP contribution in [0.2, 0.25) is 5.02 Å². The van der Waals surface area contributed by atoms with Gasteiger partial charge in [0.05, 0.1) is 0 Å².